The molecule has 148 valence electrons. The van der Waals surface area contributed by atoms with Crippen molar-refractivity contribution in [1.82, 2.24) is 10.6 Å². The molecule has 4 bridgehead atoms. The fourth-order valence-corrected chi connectivity index (χ4v) is 6.80. The molecule has 2 atom stereocenters. The Morgan fingerprint density at radius 1 is 1.04 bits per heavy atom. The minimum atomic E-state index is 0.101. The first-order chi connectivity index (χ1) is 12.6. The molecule has 4 heteroatoms. The molecular weight excluding hydrogens is 324 g/mol. The molecular formula is C22H38N2O2. The lowest BCUT2D eigenvalue weighted by Crippen LogP contribution is -2.62. The van der Waals surface area contributed by atoms with Crippen LogP contribution >= 0.6 is 0 Å². The molecule has 5 rings (SSSR count). The molecule has 0 aromatic heterocycles. The van der Waals surface area contributed by atoms with Crippen LogP contribution in [0.2, 0.25) is 0 Å². The lowest BCUT2D eigenvalue weighted by molar-refractivity contribution is -0.0138. The summed E-state index contributed by atoms with van der Waals surface area (Å²) < 4.78 is 5.83. The molecule has 0 spiro atoms. The zero-order valence-electron chi connectivity index (χ0n) is 16.6. The van der Waals surface area contributed by atoms with Gasteiger partial charge in [-0.05, 0) is 87.9 Å². The van der Waals surface area contributed by atoms with Crippen LogP contribution in [0.15, 0.2) is 0 Å². The summed E-state index contributed by atoms with van der Waals surface area (Å²) in [7, 11) is 0. The molecule has 5 aliphatic rings. The van der Waals surface area contributed by atoms with Gasteiger partial charge in [0.15, 0.2) is 0 Å². The van der Waals surface area contributed by atoms with Crippen LogP contribution in [-0.2, 0) is 4.74 Å². The second-order valence-electron chi connectivity index (χ2n) is 9.95. The molecule has 0 saturated heterocycles. The number of hydrogen-bond acceptors (Lipinski definition) is 2. The Bertz CT molecular complexity index is 457. The minimum Gasteiger partial charge on any atom is -0.381 e. The highest BCUT2D eigenvalue weighted by Crippen LogP contribution is 2.55. The van der Waals surface area contributed by atoms with Crippen molar-refractivity contribution in [2.45, 2.75) is 95.6 Å². The first kappa shape index (κ1) is 18.6. The summed E-state index contributed by atoms with van der Waals surface area (Å²) >= 11 is 0. The van der Waals surface area contributed by atoms with Crippen LogP contribution in [0.1, 0.15) is 84.0 Å². The van der Waals surface area contributed by atoms with Gasteiger partial charge < -0.3 is 15.4 Å². The van der Waals surface area contributed by atoms with E-state index in [9.17, 15) is 4.79 Å². The number of unbranched alkanes of at least 4 members (excludes halogenated alkanes) is 1. The van der Waals surface area contributed by atoms with E-state index in [0.29, 0.717) is 12.0 Å². The van der Waals surface area contributed by atoms with E-state index >= 15 is 0 Å². The number of carbonyl (C=O) groups excluding carboxylic acids is 1. The molecule has 2 unspecified atom stereocenters. The van der Waals surface area contributed by atoms with Crippen molar-refractivity contribution in [1.29, 1.82) is 0 Å². The highest BCUT2D eigenvalue weighted by Gasteiger charge is 2.51. The molecule has 0 aromatic carbocycles. The van der Waals surface area contributed by atoms with Crippen LogP contribution in [0, 0.1) is 23.7 Å². The molecule has 2 N–H and O–H groups in total. The molecule has 0 heterocycles. The summed E-state index contributed by atoms with van der Waals surface area (Å²) in [6.07, 6.45) is 15.0. The van der Waals surface area contributed by atoms with E-state index in [2.05, 4.69) is 17.6 Å². The van der Waals surface area contributed by atoms with Gasteiger partial charge in [-0.1, -0.05) is 19.8 Å². The number of hydrogen-bond donors (Lipinski definition) is 2. The lowest BCUT2D eigenvalue weighted by atomic mass is 9.53. The van der Waals surface area contributed by atoms with E-state index in [1.165, 1.54) is 57.8 Å². The van der Waals surface area contributed by atoms with Gasteiger partial charge in [-0.3, -0.25) is 0 Å². The van der Waals surface area contributed by atoms with Gasteiger partial charge in [0.05, 0.1) is 0 Å². The van der Waals surface area contributed by atoms with E-state index < -0.39 is 0 Å². The predicted octanol–water partition coefficient (Wildman–Crippen LogP) is 4.63. The summed E-state index contributed by atoms with van der Waals surface area (Å²) in [4.78, 5) is 12.7. The van der Waals surface area contributed by atoms with Gasteiger partial charge in [0.2, 0.25) is 0 Å². The van der Waals surface area contributed by atoms with Crippen LogP contribution in [0.4, 0.5) is 4.79 Å². The molecule has 5 saturated carbocycles. The normalized spacial score (nSPS) is 41.2. The van der Waals surface area contributed by atoms with Crippen molar-refractivity contribution in [2.24, 2.45) is 23.7 Å². The van der Waals surface area contributed by atoms with Crippen molar-refractivity contribution < 1.29 is 9.53 Å². The maximum atomic E-state index is 12.7. The standard InChI is InChI=1S/C22H38N2O2/c1-2-3-7-26-15-16-5-4-6-20(11-16)23-21(25)24-22-12-17-8-18(13-22)10-19(9-17)14-22/h16-20H,2-15H2,1H3,(H2,23,24,25). The topological polar surface area (TPSA) is 50.4 Å². The van der Waals surface area contributed by atoms with Crippen LogP contribution < -0.4 is 10.6 Å². The second-order valence-corrected chi connectivity index (χ2v) is 9.95. The third-order valence-electron chi connectivity index (χ3n) is 7.53. The molecule has 4 nitrogen and oxygen atoms in total. The summed E-state index contributed by atoms with van der Waals surface area (Å²) in [5, 5.41) is 6.79. The van der Waals surface area contributed by atoms with Crippen molar-refractivity contribution in [2.75, 3.05) is 13.2 Å². The van der Waals surface area contributed by atoms with Crippen molar-refractivity contribution in [3.8, 4) is 0 Å². The molecule has 5 fully saturated rings. The van der Waals surface area contributed by atoms with E-state index in [1.54, 1.807) is 0 Å². The predicted molar refractivity (Wildman–Crippen MR) is 104 cm³/mol. The van der Waals surface area contributed by atoms with Crippen LogP contribution in [0.3, 0.4) is 0 Å². The Morgan fingerprint density at radius 2 is 1.73 bits per heavy atom. The SMILES string of the molecule is CCCCOCC1CCCC(NC(=O)NC23CC4CC(CC(C4)C2)C3)C1. The first-order valence-electron chi connectivity index (χ1n) is 11.3. The Kier molecular flexibility index (Phi) is 5.78. The van der Waals surface area contributed by atoms with Crippen molar-refractivity contribution in [3.63, 3.8) is 0 Å². The van der Waals surface area contributed by atoms with Gasteiger partial charge in [-0.25, -0.2) is 4.79 Å². The number of carbonyl (C=O) groups is 1. The minimum absolute atomic E-state index is 0.101. The quantitative estimate of drug-likeness (QED) is 0.649. The van der Waals surface area contributed by atoms with Gasteiger partial charge in [0, 0.05) is 24.8 Å². The van der Waals surface area contributed by atoms with Gasteiger partial charge >= 0.3 is 6.03 Å². The number of nitrogens with one attached hydrogen (secondary N) is 2. The summed E-state index contributed by atoms with van der Waals surface area (Å²) in [6, 6.07) is 0.432. The van der Waals surface area contributed by atoms with Crippen molar-refractivity contribution >= 4 is 6.03 Å². The zero-order valence-corrected chi connectivity index (χ0v) is 16.6. The number of rotatable bonds is 7. The number of urea groups is 1. The molecule has 2 amide bonds. The lowest BCUT2D eigenvalue weighted by Gasteiger charge is -2.56. The Hall–Kier alpha value is -0.770. The summed E-state index contributed by atoms with van der Waals surface area (Å²) in [6.45, 7) is 3.96. The average Bonchev–Trinajstić information content (AvgIpc) is 2.57. The largest absolute Gasteiger partial charge is 0.381 e. The van der Waals surface area contributed by atoms with Crippen LogP contribution in [0.5, 0.6) is 0 Å². The first-order valence-corrected chi connectivity index (χ1v) is 11.3. The Morgan fingerprint density at radius 3 is 2.38 bits per heavy atom. The van der Waals surface area contributed by atoms with E-state index in [4.69, 9.17) is 4.74 Å². The maximum absolute atomic E-state index is 12.7. The summed E-state index contributed by atoms with van der Waals surface area (Å²) in [5.41, 5.74) is 0.121. The molecule has 26 heavy (non-hydrogen) atoms. The highest BCUT2D eigenvalue weighted by atomic mass is 16.5. The van der Waals surface area contributed by atoms with E-state index in [1.807, 2.05) is 0 Å². The van der Waals surface area contributed by atoms with Gasteiger partial charge in [0.1, 0.15) is 0 Å². The Balaban J connectivity index is 1.23. The molecule has 5 aliphatic carbocycles. The smallest absolute Gasteiger partial charge is 0.315 e. The van der Waals surface area contributed by atoms with E-state index in [0.717, 1.165) is 50.2 Å². The monoisotopic (exact) mass is 362 g/mol. The average molecular weight is 363 g/mol. The zero-order chi connectivity index (χ0) is 18.0. The van der Waals surface area contributed by atoms with E-state index in [-0.39, 0.29) is 11.6 Å². The maximum Gasteiger partial charge on any atom is 0.315 e. The van der Waals surface area contributed by atoms with Gasteiger partial charge in [-0.15, -0.1) is 0 Å². The summed E-state index contributed by atoms with van der Waals surface area (Å²) in [5.74, 6) is 3.24. The molecule has 0 aliphatic heterocycles. The Labute approximate surface area is 159 Å². The second kappa shape index (κ2) is 8.08. The van der Waals surface area contributed by atoms with Crippen molar-refractivity contribution in [3.05, 3.63) is 0 Å². The molecule has 0 radical (unpaired) electrons. The fourth-order valence-electron chi connectivity index (χ4n) is 6.80. The van der Waals surface area contributed by atoms with Crippen LogP contribution in [-0.4, -0.2) is 30.8 Å². The number of amides is 2. The van der Waals surface area contributed by atoms with Crippen LogP contribution in [0.25, 0.3) is 0 Å². The van der Waals surface area contributed by atoms with Gasteiger partial charge in [0.25, 0.3) is 0 Å². The third-order valence-corrected chi connectivity index (χ3v) is 7.53. The fraction of sp³-hybridized carbons (Fsp3) is 0.955. The highest BCUT2D eigenvalue weighted by molar-refractivity contribution is 5.75. The molecule has 0 aromatic rings. The third kappa shape index (κ3) is 4.37. The van der Waals surface area contributed by atoms with Gasteiger partial charge in [-0.2, -0.15) is 0 Å². The number of ether oxygens (including phenoxy) is 1.